The third kappa shape index (κ3) is 1.24. The summed E-state index contributed by atoms with van der Waals surface area (Å²) in [4.78, 5) is 23.6. The third-order valence-electron chi connectivity index (χ3n) is 3.65. The Morgan fingerprint density at radius 1 is 1.47 bits per heavy atom. The molecular formula is C13H12O4. The number of esters is 2. The van der Waals surface area contributed by atoms with Crippen LogP contribution in [0.2, 0.25) is 0 Å². The first kappa shape index (κ1) is 10.3. The second-order valence-electron chi connectivity index (χ2n) is 4.52. The van der Waals surface area contributed by atoms with Crippen LogP contribution in [-0.4, -0.2) is 19.0 Å². The van der Waals surface area contributed by atoms with E-state index in [1.807, 2.05) is 24.3 Å². The molecule has 3 rings (SSSR count). The van der Waals surface area contributed by atoms with Gasteiger partial charge < -0.3 is 9.47 Å². The van der Waals surface area contributed by atoms with E-state index in [1.54, 1.807) is 0 Å². The number of ether oxygens (including phenoxy) is 2. The molecule has 4 heteroatoms. The summed E-state index contributed by atoms with van der Waals surface area (Å²) in [7, 11) is 1.35. The van der Waals surface area contributed by atoms with Crippen LogP contribution in [0.25, 0.3) is 0 Å². The molecule has 1 heterocycles. The van der Waals surface area contributed by atoms with Crippen LogP contribution < -0.4 is 0 Å². The zero-order valence-electron chi connectivity index (χ0n) is 9.43. The minimum atomic E-state index is -0.828. The zero-order chi connectivity index (χ0) is 12.0. The molecule has 17 heavy (non-hydrogen) atoms. The Hall–Kier alpha value is -1.84. The van der Waals surface area contributed by atoms with Crippen molar-refractivity contribution in [1.82, 2.24) is 0 Å². The minimum absolute atomic E-state index is 0.0766. The van der Waals surface area contributed by atoms with Gasteiger partial charge in [0.05, 0.1) is 13.5 Å². The summed E-state index contributed by atoms with van der Waals surface area (Å²) in [5.41, 5.74) is 0.983. The van der Waals surface area contributed by atoms with Gasteiger partial charge in [-0.25, -0.2) is 0 Å². The summed E-state index contributed by atoms with van der Waals surface area (Å²) in [6, 6.07) is 7.55. The Morgan fingerprint density at radius 2 is 2.24 bits per heavy atom. The molecule has 88 valence electrons. The Labute approximate surface area is 98.5 Å². The zero-order valence-corrected chi connectivity index (χ0v) is 9.43. The first-order valence-corrected chi connectivity index (χ1v) is 5.55. The van der Waals surface area contributed by atoms with Gasteiger partial charge in [-0.15, -0.1) is 0 Å². The van der Waals surface area contributed by atoms with Crippen LogP contribution in [0.3, 0.4) is 0 Å². The lowest BCUT2D eigenvalue weighted by Crippen LogP contribution is -2.40. The first-order valence-electron chi connectivity index (χ1n) is 5.55. The molecule has 1 unspecified atom stereocenters. The molecule has 0 amide bonds. The lowest BCUT2D eigenvalue weighted by Gasteiger charge is -2.29. The van der Waals surface area contributed by atoms with Crippen molar-refractivity contribution in [3.05, 3.63) is 35.4 Å². The van der Waals surface area contributed by atoms with Gasteiger partial charge in [-0.3, -0.25) is 9.59 Å². The largest absolute Gasteiger partial charge is 0.468 e. The number of carbonyl (C=O) groups is 2. The van der Waals surface area contributed by atoms with E-state index in [-0.39, 0.29) is 24.5 Å². The molecule has 2 aliphatic rings. The second kappa shape index (κ2) is 3.32. The first-order chi connectivity index (χ1) is 8.17. The number of methoxy groups -OCH3 is 1. The van der Waals surface area contributed by atoms with E-state index < -0.39 is 5.41 Å². The van der Waals surface area contributed by atoms with E-state index in [4.69, 9.17) is 9.47 Å². The molecule has 2 bridgehead atoms. The molecule has 0 saturated carbocycles. The number of hydrogen-bond acceptors (Lipinski definition) is 4. The van der Waals surface area contributed by atoms with E-state index in [0.717, 1.165) is 11.1 Å². The summed E-state index contributed by atoms with van der Waals surface area (Å²) in [5.74, 6) is -0.674. The van der Waals surface area contributed by atoms with Crippen LogP contribution in [-0.2, 0) is 24.5 Å². The van der Waals surface area contributed by atoms with Gasteiger partial charge in [0.25, 0.3) is 0 Å². The van der Waals surface area contributed by atoms with Crippen molar-refractivity contribution in [2.24, 2.45) is 0 Å². The van der Waals surface area contributed by atoms with Crippen molar-refractivity contribution in [2.75, 3.05) is 7.11 Å². The average molecular weight is 232 g/mol. The van der Waals surface area contributed by atoms with Crippen molar-refractivity contribution >= 4 is 11.9 Å². The van der Waals surface area contributed by atoms with Gasteiger partial charge in [0, 0.05) is 6.42 Å². The van der Waals surface area contributed by atoms with Crippen LogP contribution in [0.15, 0.2) is 24.3 Å². The fourth-order valence-corrected chi connectivity index (χ4v) is 2.93. The Balaban J connectivity index is 2.20. The SMILES string of the molecule is COC(=O)[C@@]12CC(=O)OC(C1)c1ccccc12. The van der Waals surface area contributed by atoms with E-state index >= 15 is 0 Å². The highest BCUT2D eigenvalue weighted by molar-refractivity contribution is 5.92. The maximum atomic E-state index is 12.0. The molecule has 0 radical (unpaired) electrons. The number of benzene rings is 1. The van der Waals surface area contributed by atoms with Gasteiger partial charge in [-0.05, 0) is 11.1 Å². The lowest BCUT2D eigenvalue weighted by molar-refractivity contribution is -0.166. The standard InChI is InChI=1S/C13H12O4/c1-16-12(15)13-6-10(17-11(14)7-13)8-4-2-3-5-9(8)13/h2-5,10H,6-7H2,1H3/t10?,13-/m1/s1. The molecule has 1 aromatic rings. The predicted molar refractivity (Wildman–Crippen MR) is 58.2 cm³/mol. The van der Waals surface area contributed by atoms with E-state index in [1.165, 1.54) is 7.11 Å². The van der Waals surface area contributed by atoms with Crippen LogP contribution in [0.4, 0.5) is 0 Å². The highest BCUT2D eigenvalue weighted by Gasteiger charge is 2.56. The van der Waals surface area contributed by atoms with Crippen LogP contribution in [0, 0.1) is 0 Å². The number of carbonyl (C=O) groups excluding carboxylic acids is 2. The number of fused-ring (bicyclic) bond motifs is 5. The van der Waals surface area contributed by atoms with E-state index in [9.17, 15) is 9.59 Å². The Morgan fingerprint density at radius 3 is 3.00 bits per heavy atom. The summed E-state index contributed by atoms with van der Waals surface area (Å²) < 4.78 is 10.1. The number of hydrogen-bond donors (Lipinski definition) is 0. The van der Waals surface area contributed by atoms with Gasteiger partial charge >= 0.3 is 11.9 Å². The molecule has 1 fully saturated rings. The predicted octanol–water partition coefficient (Wildman–Crippen LogP) is 1.49. The fourth-order valence-electron chi connectivity index (χ4n) is 2.93. The molecule has 0 aromatic heterocycles. The van der Waals surface area contributed by atoms with Gasteiger partial charge in [0.1, 0.15) is 11.5 Å². The van der Waals surface area contributed by atoms with Crippen molar-refractivity contribution in [2.45, 2.75) is 24.4 Å². The van der Waals surface area contributed by atoms with Crippen molar-refractivity contribution < 1.29 is 19.1 Å². The molecule has 0 N–H and O–H groups in total. The topological polar surface area (TPSA) is 52.6 Å². The van der Waals surface area contributed by atoms with Gasteiger partial charge in [-0.2, -0.15) is 0 Å². The normalized spacial score (nSPS) is 29.5. The van der Waals surface area contributed by atoms with Crippen molar-refractivity contribution in [3.8, 4) is 0 Å². The molecule has 1 aromatic carbocycles. The van der Waals surface area contributed by atoms with E-state index in [0.29, 0.717) is 6.42 Å². The van der Waals surface area contributed by atoms with Gasteiger partial charge in [-0.1, -0.05) is 24.3 Å². The van der Waals surface area contributed by atoms with Crippen molar-refractivity contribution in [3.63, 3.8) is 0 Å². The summed E-state index contributed by atoms with van der Waals surface area (Å²) in [6.45, 7) is 0. The van der Waals surface area contributed by atoms with Crippen LogP contribution in [0.5, 0.6) is 0 Å². The molecule has 0 spiro atoms. The fraction of sp³-hybridized carbons (Fsp3) is 0.385. The summed E-state index contributed by atoms with van der Waals surface area (Å²) in [5, 5.41) is 0. The molecular weight excluding hydrogens is 220 g/mol. The summed E-state index contributed by atoms with van der Waals surface area (Å²) in [6.07, 6.45) is 0.282. The molecule has 2 atom stereocenters. The molecule has 1 aliphatic heterocycles. The maximum absolute atomic E-state index is 12.0. The second-order valence-corrected chi connectivity index (χ2v) is 4.52. The van der Waals surface area contributed by atoms with Crippen molar-refractivity contribution in [1.29, 1.82) is 0 Å². The van der Waals surface area contributed by atoms with E-state index in [2.05, 4.69) is 0 Å². The number of rotatable bonds is 1. The monoisotopic (exact) mass is 232 g/mol. The minimum Gasteiger partial charge on any atom is -0.468 e. The van der Waals surface area contributed by atoms with Crippen LogP contribution >= 0.6 is 0 Å². The highest BCUT2D eigenvalue weighted by Crippen LogP contribution is 2.52. The highest BCUT2D eigenvalue weighted by atomic mass is 16.6. The average Bonchev–Trinajstić information content (AvgIpc) is 2.59. The Kier molecular flexibility index (Phi) is 2.02. The molecule has 4 nitrogen and oxygen atoms in total. The van der Waals surface area contributed by atoms with Gasteiger partial charge in [0.15, 0.2) is 0 Å². The van der Waals surface area contributed by atoms with Gasteiger partial charge in [0.2, 0.25) is 0 Å². The molecule has 1 aliphatic carbocycles. The molecule has 1 saturated heterocycles. The third-order valence-corrected chi connectivity index (χ3v) is 3.65. The summed E-state index contributed by atoms with van der Waals surface area (Å²) >= 11 is 0. The smallest absolute Gasteiger partial charge is 0.317 e. The lowest BCUT2D eigenvalue weighted by atomic mass is 9.78. The maximum Gasteiger partial charge on any atom is 0.317 e. The Bertz CT molecular complexity index is 508. The van der Waals surface area contributed by atoms with Crippen LogP contribution in [0.1, 0.15) is 30.1 Å². The quantitative estimate of drug-likeness (QED) is 0.688.